The normalized spacial score (nSPS) is 16.9. The van der Waals surface area contributed by atoms with Gasteiger partial charge in [0.25, 0.3) is 11.8 Å². The van der Waals surface area contributed by atoms with E-state index in [9.17, 15) is 19.2 Å². The van der Waals surface area contributed by atoms with E-state index in [0.29, 0.717) is 47.7 Å². The molecule has 0 aromatic heterocycles. The lowest BCUT2D eigenvalue weighted by atomic mass is 10.1. The summed E-state index contributed by atoms with van der Waals surface area (Å²) in [5.41, 5.74) is 2.31. The van der Waals surface area contributed by atoms with Gasteiger partial charge in [-0.05, 0) is 36.8 Å². The fourth-order valence-corrected chi connectivity index (χ4v) is 7.18. The summed E-state index contributed by atoms with van der Waals surface area (Å²) in [6.45, 7) is 1.68. The largest absolute Gasteiger partial charge is 0.356 e. The predicted molar refractivity (Wildman–Crippen MR) is 176 cm³/mol. The highest BCUT2D eigenvalue weighted by atomic mass is 32.2. The molecule has 0 aliphatic carbocycles. The monoisotopic (exact) mass is 640 g/mol. The highest BCUT2D eigenvalue weighted by molar-refractivity contribution is 8.29. The zero-order valence-corrected chi connectivity index (χ0v) is 26.3. The number of nitrogens with zero attached hydrogens (tertiary/aromatic N) is 2. The molecule has 0 spiro atoms. The van der Waals surface area contributed by atoms with Crippen molar-refractivity contribution in [3.8, 4) is 0 Å². The van der Waals surface area contributed by atoms with Crippen molar-refractivity contribution in [3.05, 3.63) is 81.6 Å². The molecular formula is C30H32N4O4S4. The van der Waals surface area contributed by atoms with E-state index in [1.54, 1.807) is 0 Å². The first kappa shape index (κ1) is 31.9. The van der Waals surface area contributed by atoms with Crippen molar-refractivity contribution in [3.63, 3.8) is 0 Å². The average Bonchev–Trinajstić information content (AvgIpc) is 3.43. The number of nitrogens with one attached hydrogen (secondary N) is 2. The summed E-state index contributed by atoms with van der Waals surface area (Å²) in [5.74, 6) is -0.843. The van der Waals surface area contributed by atoms with E-state index in [2.05, 4.69) is 10.6 Å². The summed E-state index contributed by atoms with van der Waals surface area (Å²) >= 11 is 13.0. The third-order valence-corrected chi connectivity index (χ3v) is 9.66. The standard InChI is InChI=1S/C30H32N4O4S4/c35-23(31-17-15-21-9-3-1-4-10-21)13-7-19-33-27(37)25(41-29(33)39)26-28(38)34(30(40)42-26)20-8-14-24(36)32-18-16-22-11-5-2-6-12-22/h1-6,9-12H,7-8,13-20H2,(H,31,35)(H,32,36)/b26-25+. The summed E-state index contributed by atoms with van der Waals surface area (Å²) in [5, 5.41) is 5.81. The Morgan fingerprint density at radius 2 is 1.02 bits per heavy atom. The molecule has 220 valence electrons. The summed E-state index contributed by atoms with van der Waals surface area (Å²) in [7, 11) is 0. The summed E-state index contributed by atoms with van der Waals surface area (Å²) in [6, 6.07) is 19.8. The number of carbonyl (C=O) groups excluding carboxylic acids is 4. The summed E-state index contributed by atoms with van der Waals surface area (Å²) < 4.78 is 0.717. The first-order valence-corrected chi connectivity index (χ1v) is 16.2. The molecule has 0 saturated carbocycles. The molecule has 0 radical (unpaired) electrons. The van der Waals surface area contributed by atoms with Gasteiger partial charge in [-0.3, -0.25) is 29.0 Å². The van der Waals surface area contributed by atoms with E-state index in [-0.39, 0.29) is 46.3 Å². The lowest BCUT2D eigenvalue weighted by Gasteiger charge is -2.14. The second kappa shape index (κ2) is 16.0. The summed E-state index contributed by atoms with van der Waals surface area (Å²) in [6.07, 6.45) is 2.94. The van der Waals surface area contributed by atoms with Crippen LogP contribution in [0.2, 0.25) is 0 Å². The average molecular weight is 641 g/mol. The fourth-order valence-electron chi connectivity index (χ4n) is 4.41. The van der Waals surface area contributed by atoms with Crippen molar-refractivity contribution in [2.45, 2.75) is 38.5 Å². The van der Waals surface area contributed by atoms with Crippen LogP contribution >= 0.6 is 48.0 Å². The number of hydrogen-bond donors (Lipinski definition) is 2. The highest BCUT2D eigenvalue weighted by Crippen LogP contribution is 2.42. The zero-order chi connectivity index (χ0) is 29.9. The second-order valence-electron chi connectivity index (χ2n) is 9.69. The Morgan fingerprint density at radius 3 is 1.40 bits per heavy atom. The van der Waals surface area contributed by atoms with Crippen LogP contribution in [0.3, 0.4) is 0 Å². The molecule has 2 aliphatic rings. The third kappa shape index (κ3) is 8.97. The first-order chi connectivity index (χ1) is 20.3. The highest BCUT2D eigenvalue weighted by Gasteiger charge is 2.41. The molecule has 4 rings (SSSR count). The smallest absolute Gasteiger partial charge is 0.267 e. The van der Waals surface area contributed by atoms with Gasteiger partial charge in [0.1, 0.15) is 8.64 Å². The van der Waals surface area contributed by atoms with Gasteiger partial charge in [-0.15, -0.1) is 0 Å². The third-order valence-electron chi connectivity index (χ3n) is 6.63. The molecule has 2 heterocycles. The maximum atomic E-state index is 13.2. The van der Waals surface area contributed by atoms with Crippen LogP contribution < -0.4 is 10.6 Å². The van der Waals surface area contributed by atoms with Gasteiger partial charge < -0.3 is 10.6 Å². The number of rotatable bonds is 14. The van der Waals surface area contributed by atoms with E-state index < -0.39 is 0 Å². The van der Waals surface area contributed by atoms with Crippen molar-refractivity contribution < 1.29 is 19.2 Å². The topological polar surface area (TPSA) is 98.8 Å². The van der Waals surface area contributed by atoms with Gasteiger partial charge >= 0.3 is 0 Å². The molecular weight excluding hydrogens is 609 g/mol. The number of thioether (sulfide) groups is 2. The van der Waals surface area contributed by atoms with Crippen LogP contribution in [0.25, 0.3) is 0 Å². The molecule has 2 fully saturated rings. The van der Waals surface area contributed by atoms with Crippen molar-refractivity contribution >= 4 is 80.2 Å². The number of benzene rings is 2. The van der Waals surface area contributed by atoms with Crippen LogP contribution in [0.5, 0.6) is 0 Å². The van der Waals surface area contributed by atoms with Gasteiger partial charge in [0.2, 0.25) is 11.8 Å². The Kier molecular flexibility index (Phi) is 12.1. The van der Waals surface area contributed by atoms with Gasteiger partial charge in [0.15, 0.2) is 0 Å². The molecule has 0 bridgehead atoms. The molecule has 2 aromatic rings. The fraction of sp³-hybridized carbons (Fsp3) is 0.333. The Bertz CT molecular complexity index is 1260. The molecule has 0 atom stereocenters. The van der Waals surface area contributed by atoms with Crippen LogP contribution in [0, 0.1) is 0 Å². The first-order valence-electron chi connectivity index (χ1n) is 13.8. The quantitative estimate of drug-likeness (QED) is 0.234. The molecule has 2 aromatic carbocycles. The Hall–Kier alpha value is -3.06. The molecule has 12 heteroatoms. The van der Waals surface area contributed by atoms with E-state index in [1.807, 2.05) is 60.7 Å². The van der Waals surface area contributed by atoms with Gasteiger partial charge in [-0.2, -0.15) is 0 Å². The van der Waals surface area contributed by atoms with Crippen molar-refractivity contribution in [1.29, 1.82) is 0 Å². The van der Waals surface area contributed by atoms with E-state index >= 15 is 0 Å². The predicted octanol–water partition coefficient (Wildman–Crippen LogP) is 4.20. The lowest BCUT2D eigenvalue weighted by Crippen LogP contribution is -2.32. The minimum Gasteiger partial charge on any atom is -0.356 e. The molecule has 4 amide bonds. The SMILES string of the molecule is O=C(CCCN1C(=O)/C(=C2\SC(=S)N(CCCC(=O)NCCc3ccccc3)C2=O)SC1=S)NCCc1ccccc1. The molecule has 42 heavy (non-hydrogen) atoms. The van der Waals surface area contributed by atoms with Gasteiger partial charge in [0, 0.05) is 39.0 Å². The minimum absolute atomic E-state index is 0.0814. The number of carbonyl (C=O) groups is 4. The van der Waals surface area contributed by atoms with Crippen molar-refractivity contribution in [2.24, 2.45) is 0 Å². The van der Waals surface area contributed by atoms with Crippen LogP contribution in [0.4, 0.5) is 0 Å². The number of hydrogen-bond acceptors (Lipinski definition) is 8. The van der Waals surface area contributed by atoms with Crippen LogP contribution in [-0.4, -0.2) is 68.2 Å². The Morgan fingerprint density at radius 1 is 0.643 bits per heavy atom. The van der Waals surface area contributed by atoms with Gasteiger partial charge in [-0.1, -0.05) is 109 Å². The van der Waals surface area contributed by atoms with E-state index in [4.69, 9.17) is 24.4 Å². The van der Waals surface area contributed by atoms with Crippen molar-refractivity contribution in [2.75, 3.05) is 26.2 Å². The number of thiocarbonyl (C=S) groups is 2. The van der Waals surface area contributed by atoms with E-state index in [1.165, 1.54) is 9.80 Å². The van der Waals surface area contributed by atoms with Crippen molar-refractivity contribution in [1.82, 2.24) is 20.4 Å². The van der Waals surface area contributed by atoms with Crippen LogP contribution in [0.15, 0.2) is 70.5 Å². The zero-order valence-electron chi connectivity index (χ0n) is 23.0. The molecule has 2 aliphatic heterocycles. The van der Waals surface area contributed by atoms with Gasteiger partial charge in [0.05, 0.1) is 9.81 Å². The van der Waals surface area contributed by atoms with Crippen LogP contribution in [0.1, 0.15) is 36.8 Å². The number of amides is 4. The molecule has 2 N–H and O–H groups in total. The molecule has 0 unspecified atom stereocenters. The van der Waals surface area contributed by atoms with E-state index in [0.717, 1.165) is 47.5 Å². The Labute approximate surface area is 265 Å². The second-order valence-corrected chi connectivity index (χ2v) is 13.0. The molecule has 8 nitrogen and oxygen atoms in total. The van der Waals surface area contributed by atoms with Crippen LogP contribution in [-0.2, 0) is 32.0 Å². The molecule has 2 saturated heterocycles. The maximum Gasteiger partial charge on any atom is 0.267 e. The summed E-state index contributed by atoms with van der Waals surface area (Å²) in [4.78, 5) is 54.2. The minimum atomic E-state index is -0.340. The Balaban J connectivity index is 1.19. The lowest BCUT2D eigenvalue weighted by molar-refractivity contribution is -0.125. The van der Waals surface area contributed by atoms with Gasteiger partial charge in [-0.25, -0.2) is 0 Å². The maximum absolute atomic E-state index is 13.2.